The molecule has 5 heteroatoms. The summed E-state index contributed by atoms with van der Waals surface area (Å²) in [6.45, 7) is 5.69. The van der Waals surface area contributed by atoms with Gasteiger partial charge in [-0.15, -0.1) is 0 Å². The molecule has 0 unspecified atom stereocenters. The SMILES string of the molecule is Cc1cc(-c2cccc(OCCN3CCCCC3)c2)c(C#N)c(=O)[nH]1. The van der Waals surface area contributed by atoms with E-state index in [0.717, 1.165) is 36.6 Å². The largest absolute Gasteiger partial charge is 0.492 e. The number of aromatic amines is 1. The molecule has 130 valence electrons. The smallest absolute Gasteiger partial charge is 0.266 e. The highest BCUT2D eigenvalue weighted by atomic mass is 16.5. The van der Waals surface area contributed by atoms with Crippen molar-refractivity contribution in [2.24, 2.45) is 0 Å². The van der Waals surface area contributed by atoms with Gasteiger partial charge in [0.05, 0.1) is 0 Å². The Hall–Kier alpha value is -2.58. The fourth-order valence-corrected chi connectivity index (χ4v) is 3.26. The van der Waals surface area contributed by atoms with Gasteiger partial charge in [0.25, 0.3) is 5.56 Å². The average molecular weight is 337 g/mol. The van der Waals surface area contributed by atoms with Gasteiger partial charge in [-0.1, -0.05) is 18.6 Å². The van der Waals surface area contributed by atoms with Gasteiger partial charge in [0.2, 0.25) is 0 Å². The Bertz CT molecular complexity index is 830. The number of hydrogen-bond acceptors (Lipinski definition) is 4. The number of rotatable bonds is 5. The first-order valence-corrected chi connectivity index (χ1v) is 8.77. The molecule has 3 rings (SSSR count). The van der Waals surface area contributed by atoms with Crippen LogP contribution in [0.5, 0.6) is 5.75 Å². The Labute approximate surface area is 147 Å². The van der Waals surface area contributed by atoms with Crippen LogP contribution in [0.1, 0.15) is 30.5 Å². The lowest BCUT2D eigenvalue weighted by molar-refractivity contribution is 0.183. The number of ether oxygens (including phenoxy) is 1. The summed E-state index contributed by atoms with van der Waals surface area (Å²) in [5.41, 5.74) is 1.98. The lowest BCUT2D eigenvalue weighted by Crippen LogP contribution is -2.33. The van der Waals surface area contributed by atoms with Crippen LogP contribution in [0, 0.1) is 18.3 Å². The molecule has 0 radical (unpaired) electrons. The van der Waals surface area contributed by atoms with E-state index in [4.69, 9.17) is 4.74 Å². The molecule has 0 aliphatic carbocycles. The van der Waals surface area contributed by atoms with E-state index in [1.807, 2.05) is 43.3 Å². The summed E-state index contributed by atoms with van der Waals surface area (Å²) in [6.07, 6.45) is 3.87. The predicted octanol–water partition coefficient (Wildman–Crippen LogP) is 3.09. The number of benzene rings is 1. The highest BCUT2D eigenvalue weighted by Crippen LogP contribution is 2.25. The zero-order valence-corrected chi connectivity index (χ0v) is 14.5. The number of hydrogen-bond donors (Lipinski definition) is 1. The van der Waals surface area contributed by atoms with Crippen molar-refractivity contribution in [3.63, 3.8) is 0 Å². The maximum absolute atomic E-state index is 12.0. The van der Waals surface area contributed by atoms with Crippen molar-refractivity contribution in [1.29, 1.82) is 5.26 Å². The molecule has 1 aromatic heterocycles. The van der Waals surface area contributed by atoms with Gasteiger partial charge in [0, 0.05) is 17.8 Å². The predicted molar refractivity (Wildman–Crippen MR) is 97.7 cm³/mol. The standard InChI is InChI=1S/C20H23N3O2/c1-15-12-18(19(14-21)20(24)22-15)16-6-5-7-17(13-16)25-11-10-23-8-3-2-4-9-23/h5-7,12-13H,2-4,8-11H2,1H3,(H,22,24). The quantitative estimate of drug-likeness (QED) is 0.910. The number of aromatic nitrogens is 1. The van der Waals surface area contributed by atoms with Crippen molar-refractivity contribution >= 4 is 0 Å². The summed E-state index contributed by atoms with van der Waals surface area (Å²) in [7, 11) is 0. The third kappa shape index (κ3) is 4.28. The van der Waals surface area contributed by atoms with Gasteiger partial charge < -0.3 is 9.72 Å². The fourth-order valence-electron chi connectivity index (χ4n) is 3.26. The van der Waals surface area contributed by atoms with Crippen LogP contribution in [0.3, 0.4) is 0 Å². The van der Waals surface area contributed by atoms with Crippen molar-refractivity contribution in [2.45, 2.75) is 26.2 Å². The highest BCUT2D eigenvalue weighted by molar-refractivity contribution is 5.71. The monoisotopic (exact) mass is 337 g/mol. The Morgan fingerprint density at radius 3 is 2.80 bits per heavy atom. The highest BCUT2D eigenvalue weighted by Gasteiger charge is 2.12. The third-order valence-electron chi connectivity index (χ3n) is 4.55. The van der Waals surface area contributed by atoms with Gasteiger partial charge in [-0.2, -0.15) is 5.26 Å². The molecule has 1 N–H and O–H groups in total. The third-order valence-corrected chi connectivity index (χ3v) is 4.55. The van der Waals surface area contributed by atoms with Crippen LogP contribution >= 0.6 is 0 Å². The number of piperidine rings is 1. The first-order chi connectivity index (χ1) is 12.2. The molecular formula is C20H23N3O2. The van der Waals surface area contributed by atoms with Crippen molar-refractivity contribution in [3.8, 4) is 22.9 Å². The molecule has 2 heterocycles. The van der Waals surface area contributed by atoms with Gasteiger partial charge >= 0.3 is 0 Å². The Morgan fingerprint density at radius 2 is 2.04 bits per heavy atom. The zero-order chi connectivity index (χ0) is 17.6. The first-order valence-electron chi connectivity index (χ1n) is 8.77. The summed E-state index contributed by atoms with van der Waals surface area (Å²) >= 11 is 0. The minimum atomic E-state index is -0.353. The molecule has 5 nitrogen and oxygen atoms in total. The second-order valence-electron chi connectivity index (χ2n) is 6.46. The van der Waals surface area contributed by atoms with E-state index in [1.54, 1.807) is 0 Å². The van der Waals surface area contributed by atoms with Crippen molar-refractivity contribution in [1.82, 2.24) is 9.88 Å². The lowest BCUT2D eigenvalue weighted by atomic mass is 10.0. The number of nitriles is 1. The average Bonchev–Trinajstić information content (AvgIpc) is 2.62. The minimum Gasteiger partial charge on any atom is -0.492 e. The van der Waals surface area contributed by atoms with Crippen LogP contribution in [0.15, 0.2) is 35.1 Å². The molecular weight excluding hydrogens is 314 g/mol. The fraction of sp³-hybridized carbons (Fsp3) is 0.400. The summed E-state index contributed by atoms with van der Waals surface area (Å²) in [5, 5.41) is 9.30. The summed E-state index contributed by atoms with van der Waals surface area (Å²) in [5.74, 6) is 0.760. The molecule has 0 spiro atoms. The number of nitrogens with zero attached hydrogens (tertiary/aromatic N) is 2. The summed E-state index contributed by atoms with van der Waals surface area (Å²) in [6, 6.07) is 11.4. The first kappa shape index (κ1) is 17.2. The number of likely N-dealkylation sites (tertiary alicyclic amines) is 1. The van der Waals surface area contributed by atoms with Crippen molar-refractivity contribution in [3.05, 3.63) is 51.9 Å². The maximum Gasteiger partial charge on any atom is 0.266 e. The Morgan fingerprint density at radius 1 is 1.24 bits per heavy atom. The van der Waals surface area contributed by atoms with Gasteiger partial charge in [-0.05, 0) is 56.6 Å². The van der Waals surface area contributed by atoms with Crippen molar-refractivity contribution < 1.29 is 4.74 Å². The van der Waals surface area contributed by atoms with E-state index in [9.17, 15) is 10.1 Å². The number of aryl methyl sites for hydroxylation is 1. The molecule has 2 aromatic rings. The molecule has 1 aromatic carbocycles. The molecule has 1 aliphatic heterocycles. The van der Waals surface area contributed by atoms with Crippen LogP contribution in [0.4, 0.5) is 0 Å². The van der Waals surface area contributed by atoms with E-state index in [2.05, 4.69) is 9.88 Å². The van der Waals surface area contributed by atoms with E-state index in [1.165, 1.54) is 19.3 Å². The molecule has 0 bridgehead atoms. The minimum absolute atomic E-state index is 0.135. The van der Waals surface area contributed by atoms with Crippen LogP contribution in [0.25, 0.3) is 11.1 Å². The molecule has 0 amide bonds. The zero-order valence-electron chi connectivity index (χ0n) is 14.5. The molecule has 25 heavy (non-hydrogen) atoms. The topological polar surface area (TPSA) is 69.1 Å². The van der Waals surface area contributed by atoms with E-state index in [-0.39, 0.29) is 11.1 Å². The molecule has 0 saturated carbocycles. The second kappa shape index (κ2) is 8.00. The molecule has 0 atom stereocenters. The van der Waals surface area contributed by atoms with Crippen molar-refractivity contribution in [2.75, 3.05) is 26.2 Å². The molecule has 1 aliphatic rings. The van der Waals surface area contributed by atoms with Crippen LogP contribution in [0.2, 0.25) is 0 Å². The summed E-state index contributed by atoms with van der Waals surface area (Å²) < 4.78 is 5.89. The number of pyridine rings is 1. The number of nitrogens with one attached hydrogen (secondary N) is 1. The summed E-state index contributed by atoms with van der Waals surface area (Å²) in [4.78, 5) is 17.1. The maximum atomic E-state index is 12.0. The molecule has 1 fully saturated rings. The molecule has 1 saturated heterocycles. The second-order valence-corrected chi connectivity index (χ2v) is 6.46. The number of H-pyrrole nitrogens is 1. The van der Waals surface area contributed by atoms with Gasteiger partial charge in [-0.3, -0.25) is 9.69 Å². The normalized spacial score (nSPS) is 14.9. The van der Waals surface area contributed by atoms with E-state index < -0.39 is 0 Å². The van der Waals surface area contributed by atoms with Crippen LogP contribution in [-0.2, 0) is 0 Å². The Balaban J connectivity index is 1.74. The lowest BCUT2D eigenvalue weighted by Gasteiger charge is -2.26. The van der Waals surface area contributed by atoms with Crippen LogP contribution < -0.4 is 10.3 Å². The van der Waals surface area contributed by atoms with E-state index in [0.29, 0.717) is 12.2 Å². The van der Waals surface area contributed by atoms with Gasteiger partial charge in [0.15, 0.2) is 0 Å². The van der Waals surface area contributed by atoms with Crippen LogP contribution in [-0.4, -0.2) is 36.1 Å². The van der Waals surface area contributed by atoms with E-state index >= 15 is 0 Å². The van der Waals surface area contributed by atoms with Gasteiger partial charge in [-0.25, -0.2) is 0 Å². The Kier molecular flexibility index (Phi) is 5.52. The van der Waals surface area contributed by atoms with Gasteiger partial charge in [0.1, 0.15) is 24.0 Å².